The lowest BCUT2D eigenvalue weighted by atomic mass is 10.2. The van der Waals surface area contributed by atoms with Crippen molar-refractivity contribution in [2.75, 3.05) is 44.2 Å². The van der Waals surface area contributed by atoms with Crippen molar-refractivity contribution in [3.05, 3.63) is 39.9 Å². The topological polar surface area (TPSA) is 30.9 Å². The highest BCUT2D eigenvalue weighted by Gasteiger charge is 2.20. The molecule has 0 unspecified atom stereocenters. The van der Waals surface area contributed by atoms with Crippen LogP contribution >= 0.6 is 22.7 Å². The van der Waals surface area contributed by atoms with Crippen molar-refractivity contribution >= 4 is 33.6 Å². The van der Waals surface area contributed by atoms with Crippen LogP contribution in [0.4, 0.5) is 5.00 Å². The molecule has 2 aromatic rings. The van der Waals surface area contributed by atoms with Gasteiger partial charge in [0.2, 0.25) is 0 Å². The number of nitrogens with zero attached hydrogens (tertiary/aromatic N) is 3. The summed E-state index contributed by atoms with van der Waals surface area (Å²) in [5.74, 6) is 1.06. The first kappa shape index (κ1) is 16.3. The molecule has 1 N–H and O–H groups in total. The molecule has 3 heterocycles. The predicted molar refractivity (Wildman–Crippen MR) is 102 cm³/mol. The summed E-state index contributed by atoms with van der Waals surface area (Å²) in [7, 11) is 0. The van der Waals surface area contributed by atoms with Crippen LogP contribution in [0, 0.1) is 0 Å². The zero-order chi connectivity index (χ0) is 15.9. The molecule has 0 atom stereocenters. The van der Waals surface area contributed by atoms with Gasteiger partial charge in [-0.3, -0.25) is 4.99 Å². The van der Waals surface area contributed by atoms with Gasteiger partial charge >= 0.3 is 0 Å². The van der Waals surface area contributed by atoms with Crippen LogP contribution in [0.1, 0.15) is 12.5 Å². The minimum Gasteiger partial charge on any atom is -0.360 e. The standard InChI is InChI=1S/C17H24N4S2/c1-2-18-17(19-7-5-15-6-13-22-14-15)21-10-8-20(9-11-21)16-4-3-12-23-16/h3-4,6,12-14H,2,5,7-11H2,1H3,(H,18,19). The molecule has 0 aromatic carbocycles. The summed E-state index contributed by atoms with van der Waals surface area (Å²) >= 11 is 3.58. The molecular formula is C17H24N4S2. The number of hydrogen-bond acceptors (Lipinski definition) is 4. The van der Waals surface area contributed by atoms with Crippen LogP contribution in [-0.2, 0) is 6.42 Å². The second kappa shape index (κ2) is 8.36. The van der Waals surface area contributed by atoms with E-state index in [0.717, 1.165) is 51.6 Å². The Balaban J connectivity index is 1.54. The zero-order valence-electron chi connectivity index (χ0n) is 13.6. The quantitative estimate of drug-likeness (QED) is 0.665. The minimum absolute atomic E-state index is 0.851. The molecule has 0 aliphatic carbocycles. The monoisotopic (exact) mass is 348 g/mol. The molecule has 0 saturated carbocycles. The third-order valence-corrected chi connectivity index (χ3v) is 5.64. The van der Waals surface area contributed by atoms with E-state index in [2.05, 4.69) is 56.4 Å². The zero-order valence-corrected chi connectivity index (χ0v) is 15.2. The number of aliphatic imine (C=N–C) groups is 1. The highest BCUT2D eigenvalue weighted by Crippen LogP contribution is 2.22. The first-order valence-corrected chi connectivity index (χ1v) is 10.0. The summed E-state index contributed by atoms with van der Waals surface area (Å²) in [6, 6.07) is 6.52. The van der Waals surface area contributed by atoms with Crippen molar-refractivity contribution < 1.29 is 0 Å². The van der Waals surface area contributed by atoms with Crippen LogP contribution in [-0.4, -0.2) is 50.1 Å². The van der Waals surface area contributed by atoms with E-state index in [-0.39, 0.29) is 0 Å². The third kappa shape index (κ3) is 4.48. The van der Waals surface area contributed by atoms with Gasteiger partial charge in [-0.2, -0.15) is 11.3 Å². The number of guanidine groups is 1. The molecule has 1 aliphatic heterocycles. The Bertz CT molecular complexity index is 584. The molecule has 0 bridgehead atoms. The molecule has 1 saturated heterocycles. The van der Waals surface area contributed by atoms with E-state index in [4.69, 9.17) is 4.99 Å². The Morgan fingerprint density at radius 2 is 2.09 bits per heavy atom. The first-order chi connectivity index (χ1) is 11.4. The Labute approximate surface area is 146 Å². The van der Waals surface area contributed by atoms with Crippen LogP contribution in [0.25, 0.3) is 0 Å². The SMILES string of the molecule is CCNC(=NCCc1ccsc1)N1CCN(c2cccs2)CC1. The number of hydrogen-bond donors (Lipinski definition) is 1. The van der Waals surface area contributed by atoms with Crippen molar-refractivity contribution in [2.24, 2.45) is 4.99 Å². The highest BCUT2D eigenvalue weighted by atomic mass is 32.1. The van der Waals surface area contributed by atoms with Gasteiger partial charge in [0.25, 0.3) is 0 Å². The van der Waals surface area contributed by atoms with Crippen molar-refractivity contribution in [1.82, 2.24) is 10.2 Å². The van der Waals surface area contributed by atoms with Crippen molar-refractivity contribution in [2.45, 2.75) is 13.3 Å². The van der Waals surface area contributed by atoms with Gasteiger partial charge in [0.1, 0.15) is 0 Å². The Morgan fingerprint density at radius 3 is 2.74 bits per heavy atom. The average Bonchev–Trinajstić information content (AvgIpc) is 3.28. The minimum atomic E-state index is 0.851. The number of anilines is 1. The maximum absolute atomic E-state index is 4.82. The van der Waals surface area contributed by atoms with E-state index in [9.17, 15) is 0 Å². The molecule has 1 aliphatic rings. The van der Waals surface area contributed by atoms with E-state index in [1.165, 1.54) is 10.6 Å². The molecule has 0 radical (unpaired) electrons. The second-order valence-electron chi connectivity index (χ2n) is 5.54. The number of nitrogens with one attached hydrogen (secondary N) is 1. The summed E-state index contributed by atoms with van der Waals surface area (Å²) < 4.78 is 0. The normalized spacial score (nSPS) is 16.0. The molecule has 0 spiro atoms. The summed E-state index contributed by atoms with van der Waals surface area (Å²) in [5.41, 5.74) is 1.39. The molecule has 23 heavy (non-hydrogen) atoms. The van der Waals surface area contributed by atoms with Crippen molar-refractivity contribution in [1.29, 1.82) is 0 Å². The fourth-order valence-electron chi connectivity index (χ4n) is 2.74. The van der Waals surface area contributed by atoms with E-state index < -0.39 is 0 Å². The van der Waals surface area contributed by atoms with Gasteiger partial charge in [-0.15, -0.1) is 11.3 Å². The van der Waals surface area contributed by atoms with Gasteiger partial charge in [-0.25, -0.2) is 0 Å². The maximum Gasteiger partial charge on any atom is 0.194 e. The molecule has 4 nitrogen and oxygen atoms in total. The van der Waals surface area contributed by atoms with E-state index >= 15 is 0 Å². The maximum atomic E-state index is 4.82. The fraction of sp³-hybridized carbons (Fsp3) is 0.471. The molecular weight excluding hydrogens is 324 g/mol. The van der Waals surface area contributed by atoms with Gasteiger partial charge in [-0.05, 0) is 53.2 Å². The third-order valence-electron chi connectivity index (χ3n) is 3.97. The number of piperazine rings is 1. The largest absolute Gasteiger partial charge is 0.360 e. The molecule has 124 valence electrons. The van der Waals surface area contributed by atoms with Crippen LogP contribution < -0.4 is 10.2 Å². The van der Waals surface area contributed by atoms with Gasteiger partial charge in [0.15, 0.2) is 5.96 Å². The lowest BCUT2D eigenvalue weighted by Gasteiger charge is -2.37. The first-order valence-electron chi connectivity index (χ1n) is 8.19. The van der Waals surface area contributed by atoms with Crippen LogP contribution in [0.5, 0.6) is 0 Å². The van der Waals surface area contributed by atoms with E-state index in [0.29, 0.717) is 0 Å². The number of rotatable bonds is 5. The van der Waals surface area contributed by atoms with Crippen LogP contribution in [0.2, 0.25) is 0 Å². The van der Waals surface area contributed by atoms with Gasteiger partial charge < -0.3 is 15.1 Å². The molecule has 1 fully saturated rings. The fourth-order valence-corrected chi connectivity index (χ4v) is 4.23. The van der Waals surface area contributed by atoms with Crippen molar-refractivity contribution in [3.63, 3.8) is 0 Å². The molecule has 3 rings (SSSR count). The Kier molecular flexibility index (Phi) is 5.93. The summed E-state index contributed by atoms with van der Waals surface area (Å²) in [6.07, 6.45) is 1.02. The lowest BCUT2D eigenvalue weighted by Crippen LogP contribution is -2.52. The Hall–Kier alpha value is -1.53. The Morgan fingerprint density at radius 1 is 1.22 bits per heavy atom. The highest BCUT2D eigenvalue weighted by molar-refractivity contribution is 7.14. The van der Waals surface area contributed by atoms with E-state index in [1.807, 2.05) is 11.3 Å². The lowest BCUT2D eigenvalue weighted by molar-refractivity contribution is 0.373. The molecule has 2 aromatic heterocycles. The smallest absolute Gasteiger partial charge is 0.194 e. The molecule has 0 amide bonds. The summed E-state index contributed by atoms with van der Waals surface area (Å²) in [5, 5.41) is 11.3. The van der Waals surface area contributed by atoms with Gasteiger partial charge in [0, 0.05) is 39.3 Å². The van der Waals surface area contributed by atoms with Gasteiger partial charge in [-0.1, -0.05) is 0 Å². The average molecular weight is 349 g/mol. The number of thiophene rings is 2. The summed E-state index contributed by atoms with van der Waals surface area (Å²) in [4.78, 5) is 9.68. The van der Waals surface area contributed by atoms with Crippen molar-refractivity contribution in [3.8, 4) is 0 Å². The second-order valence-corrected chi connectivity index (χ2v) is 7.25. The van der Waals surface area contributed by atoms with E-state index in [1.54, 1.807) is 11.3 Å². The summed E-state index contributed by atoms with van der Waals surface area (Å²) in [6.45, 7) is 8.10. The van der Waals surface area contributed by atoms with Crippen LogP contribution in [0.3, 0.4) is 0 Å². The van der Waals surface area contributed by atoms with Gasteiger partial charge in [0.05, 0.1) is 5.00 Å². The molecule has 6 heteroatoms. The predicted octanol–water partition coefficient (Wildman–Crippen LogP) is 3.14. The van der Waals surface area contributed by atoms with Crippen LogP contribution in [0.15, 0.2) is 39.3 Å².